The van der Waals surface area contributed by atoms with Crippen molar-refractivity contribution in [2.75, 3.05) is 5.32 Å². The molecule has 0 bridgehead atoms. The van der Waals surface area contributed by atoms with Gasteiger partial charge in [-0.05, 0) is 25.1 Å². The molecule has 1 N–H and O–H groups in total. The van der Waals surface area contributed by atoms with Crippen LogP contribution >= 0.6 is 11.6 Å². The van der Waals surface area contributed by atoms with Crippen LogP contribution in [0.15, 0.2) is 46.9 Å². The number of carbonyl (C=O) groups excluding carboxylic acids is 1. The Labute approximate surface area is 189 Å². The lowest BCUT2D eigenvalue weighted by Gasteiger charge is -2.07. The van der Waals surface area contributed by atoms with Crippen molar-refractivity contribution in [3.63, 3.8) is 0 Å². The van der Waals surface area contributed by atoms with Crippen molar-refractivity contribution in [2.45, 2.75) is 13.5 Å². The number of nitrogens with zero attached hydrogens (tertiary/aromatic N) is 3. The number of halogens is 1. The summed E-state index contributed by atoms with van der Waals surface area (Å²) in [6.45, 7) is 1.07. The number of nitrogens with one attached hydrogen (secondary N) is 1. The van der Waals surface area contributed by atoms with E-state index in [1.54, 1.807) is 0 Å². The van der Waals surface area contributed by atoms with Gasteiger partial charge in [-0.2, -0.15) is 0 Å². The summed E-state index contributed by atoms with van der Waals surface area (Å²) in [4.78, 5) is 43.3. The van der Waals surface area contributed by atoms with Crippen LogP contribution in [0.1, 0.15) is 21.9 Å². The first kappa shape index (κ1) is 23.1. The topological polar surface area (TPSA) is 181 Å². The molecule has 1 aromatic heterocycles. The van der Waals surface area contributed by atoms with Crippen LogP contribution in [0.2, 0.25) is 5.02 Å². The molecule has 0 spiro atoms. The lowest BCUT2D eigenvalue weighted by Crippen LogP contribution is -2.12. The molecule has 0 aliphatic carbocycles. The number of anilines is 1. The number of ether oxygens (including phenoxy) is 1. The van der Waals surface area contributed by atoms with Crippen LogP contribution in [-0.2, 0) is 6.61 Å². The van der Waals surface area contributed by atoms with Crippen molar-refractivity contribution in [3.05, 3.63) is 94.9 Å². The SMILES string of the molecule is Cc1c([N+](=O)[O-])cc(NC(=O)c2ccc(COc3ccc([N+](=O)[O-])cc3Cl)o2)cc1[N+](=O)[O-]. The molecule has 0 unspecified atom stereocenters. The number of hydrogen-bond donors (Lipinski definition) is 1. The van der Waals surface area contributed by atoms with Gasteiger partial charge in [-0.3, -0.25) is 35.1 Å². The second kappa shape index (κ2) is 9.32. The molecule has 13 nitrogen and oxygen atoms in total. The average Bonchev–Trinajstić information content (AvgIpc) is 3.22. The van der Waals surface area contributed by atoms with Gasteiger partial charge in [0.15, 0.2) is 5.76 Å². The van der Waals surface area contributed by atoms with Gasteiger partial charge in [-0.25, -0.2) is 0 Å². The highest BCUT2D eigenvalue weighted by Crippen LogP contribution is 2.32. The van der Waals surface area contributed by atoms with Crippen LogP contribution in [0.3, 0.4) is 0 Å². The first-order valence-electron chi connectivity index (χ1n) is 8.97. The van der Waals surface area contributed by atoms with Crippen LogP contribution in [0.4, 0.5) is 22.7 Å². The number of non-ortho nitro benzene ring substituents is 1. The Hall–Kier alpha value is -4.52. The number of nitro benzene ring substituents is 3. The third kappa shape index (κ3) is 5.22. The van der Waals surface area contributed by atoms with Crippen LogP contribution in [-0.4, -0.2) is 20.7 Å². The number of benzene rings is 2. The largest absolute Gasteiger partial charge is 0.484 e. The molecule has 0 radical (unpaired) electrons. The van der Waals surface area contributed by atoms with E-state index >= 15 is 0 Å². The molecule has 0 aliphatic heterocycles. The third-order valence-corrected chi connectivity index (χ3v) is 4.68. The summed E-state index contributed by atoms with van der Waals surface area (Å²) in [5.74, 6) is -0.629. The first-order valence-corrected chi connectivity index (χ1v) is 9.35. The van der Waals surface area contributed by atoms with Gasteiger partial charge in [0, 0.05) is 24.3 Å². The Kier molecular flexibility index (Phi) is 6.53. The van der Waals surface area contributed by atoms with E-state index in [1.165, 1.54) is 31.2 Å². The monoisotopic (exact) mass is 476 g/mol. The minimum absolute atomic E-state index is 0.0104. The maximum Gasteiger partial charge on any atom is 0.291 e. The molecule has 33 heavy (non-hydrogen) atoms. The van der Waals surface area contributed by atoms with Crippen LogP contribution < -0.4 is 10.1 Å². The van der Waals surface area contributed by atoms with E-state index in [0.717, 1.165) is 18.2 Å². The highest BCUT2D eigenvalue weighted by Gasteiger charge is 2.24. The van der Waals surface area contributed by atoms with Gasteiger partial charge in [-0.1, -0.05) is 11.6 Å². The molecule has 2 aromatic carbocycles. The second-order valence-corrected chi connectivity index (χ2v) is 6.94. The minimum atomic E-state index is -0.804. The van der Waals surface area contributed by atoms with Crippen molar-refractivity contribution in [2.24, 2.45) is 0 Å². The van der Waals surface area contributed by atoms with Gasteiger partial charge in [-0.15, -0.1) is 0 Å². The molecule has 3 rings (SSSR count). The summed E-state index contributed by atoms with van der Waals surface area (Å²) in [6, 6.07) is 8.39. The molecule has 170 valence electrons. The minimum Gasteiger partial charge on any atom is -0.484 e. The number of carbonyl (C=O) groups is 1. The zero-order chi connectivity index (χ0) is 24.3. The number of rotatable bonds is 8. The van der Waals surface area contributed by atoms with Crippen molar-refractivity contribution >= 4 is 40.3 Å². The van der Waals surface area contributed by atoms with Gasteiger partial charge < -0.3 is 14.5 Å². The van der Waals surface area contributed by atoms with E-state index in [-0.39, 0.29) is 45.8 Å². The molecule has 1 amide bonds. The first-order chi connectivity index (χ1) is 15.6. The van der Waals surface area contributed by atoms with Crippen molar-refractivity contribution in [1.29, 1.82) is 0 Å². The van der Waals surface area contributed by atoms with E-state index in [2.05, 4.69) is 5.32 Å². The summed E-state index contributed by atoms with van der Waals surface area (Å²) in [7, 11) is 0. The average molecular weight is 477 g/mol. The number of furan rings is 1. The van der Waals surface area contributed by atoms with Crippen LogP contribution in [0.25, 0.3) is 0 Å². The number of hydrogen-bond acceptors (Lipinski definition) is 9. The Bertz CT molecular complexity index is 1250. The van der Waals surface area contributed by atoms with E-state index < -0.39 is 32.1 Å². The smallest absolute Gasteiger partial charge is 0.291 e. The molecule has 0 saturated heterocycles. The standard InChI is InChI=1S/C19H13ClN4O9/c1-10-15(23(28)29)6-11(7-16(10)24(30)31)21-19(25)18-5-3-13(33-18)9-32-17-4-2-12(22(26)27)8-14(17)20/h2-8H,9H2,1H3,(H,21,25). The van der Waals surface area contributed by atoms with E-state index in [1.807, 2.05) is 0 Å². The summed E-state index contributed by atoms with van der Waals surface area (Å²) in [5.41, 5.74) is -1.55. The summed E-state index contributed by atoms with van der Waals surface area (Å²) >= 11 is 5.95. The fourth-order valence-corrected chi connectivity index (χ4v) is 3.00. The Morgan fingerprint density at radius 1 is 1.00 bits per heavy atom. The molecule has 3 aromatic rings. The van der Waals surface area contributed by atoms with Gasteiger partial charge in [0.05, 0.1) is 25.5 Å². The fourth-order valence-electron chi connectivity index (χ4n) is 2.77. The van der Waals surface area contributed by atoms with Crippen LogP contribution in [0.5, 0.6) is 5.75 Å². The summed E-state index contributed by atoms with van der Waals surface area (Å²) in [6.07, 6.45) is 0. The predicted octanol–water partition coefficient (Wildman–Crippen LogP) is 4.80. The lowest BCUT2D eigenvalue weighted by molar-refractivity contribution is -0.395. The van der Waals surface area contributed by atoms with Gasteiger partial charge in [0.1, 0.15) is 23.7 Å². The quantitative estimate of drug-likeness (QED) is 0.352. The van der Waals surface area contributed by atoms with Gasteiger partial charge >= 0.3 is 0 Å². The van der Waals surface area contributed by atoms with Gasteiger partial charge in [0.25, 0.3) is 23.0 Å². The molecule has 0 saturated carbocycles. The molecular formula is C19H13ClN4O9. The Balaban J connectivity index is 1.72. The summed E-state index contributed by atoms with van der Waals surface area (Å²) < 4.78 is 10.8. The van der Waals surface area contributed by atoms with Crippen molar-refractivity contribution in [1.82, 2.24) is 0 Å². The molecule has 1 heterocycles. The second-order valence-electron chi connectivity index (χ2n) is 6.53. The predicted molar refractivity (Wildman–Crippen MR) is 114 cm³/mol. The maximum absolute atomic E-state index is 12.4. The molecular weight excluding hydrogens is 464 g/mol. The molecule has 0 fully saturated rings. The van der Waals surface area contributed by atoms with E-state index in [9.17, 15) is 35.1 Å². The lowest BCUT2D eigenvalue weighted by atomic mass is 10.1. The maximum atomic E-state index is 12.4. The highest BCUT2D eigenvalue weighted by molar-refractivity contribution is 6.32. The zero-order valence-corrected chi connectivity index (χ0v) is 17.4. The van der Waals surface area contributed by atoms with E-state index in [0.29, 0.717) is 0 Å². The summed E-state index contributed by atoms with van der Waals surface area (Å²) in [5, 5.41) is 35.4. The zero-order valence-electron chi connectivity index (χ0n) is 16.6. The highest BCUT2D eigenvalue weighted by atomic mass is 35.5. The molecule has 14 heteroatoms. The number of amides is 1. The van der Waals surface area contributed by atoms with E-state index in [4.69, 9.17) is 20.8 Å². The van der Waals surface area contributed by atoms with Gasteiger partial charge in [0.2, 0.25) is 0 Å². The Morgan fingerprint density at radius 3 is 2.18 bits per heavy atom. The van der Waals surface area contributed by atoms with Crippen molar-refractivity contribution < 1.29 is 28.7 Å². The molecule has 0 atom stereocenters. The Morgan fingerprint density at radius 2 is 1.64 bits per heavy atom. The van der Waals surface area contributed by atoms with Crippen LogP contribution in [0, 0.1) is 37.3 Å². The third-order valence-electron chi connectivity index (χ3n) is 4.39. The van der Waals surface area contributed by atoms with Crippen molar-refractivity contribution in [3.8, 4) is 5.75 Å². The normalized spacial score (nSPS) is 10.5. The fraction of sp³-hybridized carbons (Fsp3) is 0.105. The molecule has 0 aliphatic rings. The number of nitro groups is 3.